The van der Waals surface area contributed by atoms with E-state index in [-0.39, 0.29) is 11.5 Å². The maximum atomic E-state index is 12.4. The zero-order valence-corrected chi connectivity index (χ0v) is 15.6. The summed E-state index contributed by atoms with van der Waals surface area (Å²) >= 11 is 0. The second kappa shape index (κ2) is 7.27. The van der Waals surface area contributed by atoms with Gasteiger partial charge in [-0.25, -0.2) is 4.68 Å². The number of fused-ring (bicyclic) bond motifs is 1. The van der Waals surface area contributed by atoms with Crippen molar-refractivity contribution in [2.45, 2.75) is 25.7 Å². The van der Waals surface area contributed by atoms with Gasteiger partial charge < -0.3 is 0 Å². The van der Waals surface area contributed by atoms with E-state index in [1.807, 2.05) is 6.07 Å². The lowest BCUT2D eigenvalue weighted by atomic mass is 10.1. The van der Waals surface area contributed by atoms with Crippen molar-refractivity contribution < 1.29 is 4.79 Å². The molecule has 28 heavy (non-hydrogen) atoms. The number of anilines is 1. The lowest BCUT2D eigenvalue weighted by Gasteiger charge is -2.12. The molecule has 4 heterocycles. The summed E-state index contributed by atoms with van der Waals surface area (Å²) in [5.41, 5.74) is 0.528. The molecule has 142 valence electrons. The Bertz CT molecular complexity index is 1130. The van der Waals surface area contributed by atoms with Crippen LogP contribution >= 0.6 is 0 Å². The fourth-order valence-electron chi connectivity index (χ4n) is 3.10. The van der Waals surface area contributed by atoms with Crippen LogP contribution in [0.3, 0.4) is 0 Å². The minimum absolute atomic E-state index is 0.159. The molecule has 1 aliphatic heterocycles. The summed E-state index contributed by atoms with van der Waals surface area (Å²) in [6.07, 6.45) is 8.26. The van der Waals surface area contributed by atoms with Gasteiger partial charge >= 0.3 is 0 Å². The van der Waals surface area contributed by atoms with Gasteiger partial charge in [-0.2, -0.15) is 5.26 Å². The average Bonchev–Trinajstić information content (AvgIpc) is 3.49. The third-order valence-electron chi connectivity index (χ3n) is 4.81. The van der Waals surface area contributed by atoms with Crippen molar-refractivity contribution in [3.05, 3.63) is 47.0 Å². The van der Waals surface area contributed by atoms with Crippen LogP contribution in [0.25, 0.3) is 16.7 Å². The normalized spacial score (nSPS) is 17.9. The van der Waals surface area contributed by atoms with Crippen molar-refractivity contribution in [2.24, 2.45) is 13.0 Å². The topological polar surface area (TPSA) is 96.8 Å². The van der Waals surface area contributed by atoms with E-state index in [0.717, 1.165) is 5.39 Å². The van der Waals surface area contributed by atoms with Crippen LogP contribution in [0.2, 0.25) is 0 Å². The lowest BCUT2D eigenvalue weighted by Crippen LogP contribution is -2.27. The summed E-state index contributed by atoms with van der Waals surface area (Å²) in [4.78, 5) is 30.1. The first-order chi connectivity index (χ1) is 13.6. The van der Waals surface area contributed by atoms with E-state index < -0.39 is 5.92 Å². The summed E-state index contributed by atoms with van der Waals surface area (Å²) in [7, 11) is 1.66. The number of nitriles is 1. The Hall–Kier alpha value is -3.47. The molecule has 1 atom stereocenters. The Morgan fingerprint density at radius 1 is 1.18 bits per heavy atom. The average molecular weight is 376 g/mol. The Morgan fingerprint density at radius 3 is 2.64 bits per heavy atom. The quantitative estimate of drug-likeness (QED) is 0.683. The van der Waals surface area contributed by atoms with Crippen LogP contribution in [-0.4, -0.2) is 31.8 Å². The zero-order chi connectivity index (χ0) is 19.7. The van der Waals surface area contributed by atoms with Crippen LogP contribution in [0.1, 0.15) is 25.7 Å². The molecule has 2 aliphatic rings. The van der Waals surface area contributed by atoms with Gasteiger partial charge in [0.25, 0.3) is 5.56 Å². The minimum atomic E-state index is -0.636. The van der Waals surface area contributed by atoms with Gasteiger partial charge in [0.05, 0.1) is 17.8 Å². The highest BCUT2D eigenvalue weighted by atomic mass is 16.2. The van der Waals surface area contributed by atoms with Crippen molar-refractivity contribution in [1.29, 1.82) is 5.26 Å². The molecule has 0 radical (unpaired) electrons. The molecule has 3 aromatic rings. The van der Waals surface area contributed by atoms with E-state index in [1.54, 1.807) is 42.3 Å². The molecule has 0 aromatic carbocycles. The van der Waals surface area contributed by atoms with Gasteiger partial charge in [-0.05, 0) is 18.6 Å². The van der Waals surface area contributed by atoms with Gasteiger partial charge in [0.2, 0.25) is 5.91 Å². The predicted molar refractivity (Wildman–Crippen MR) is 104 cm³/mol. The van der Waals surface area contributed by atoms with Crippen LogP contribution in [-0.2, 0) is 11.8 Å². The first kappa shape index (κ1) is 17.9. The number of nitrogens with zero attached hydrogens (tertiary/aromatic N) is 6. The van der Waals surface area contributed by atoms with Gasteiger partial charge in [0.15, 0.2) is 5.82 Å². The Balaban J connectivity index is 0.000000586. The molecule has 0 spiro atoms. The van der Waals surface area contributed by atoms with Crippen LogP contribution in [0.5, 0.6) is 0 Å². The fraction of sp³-hybridized carbons (Fsp3) is 0.350. The standard InChI is InChI=1S/C17H14N6O2.C3H6/c1-21-14(3-2-4-15(21)24)23-13-10-19-7-5-12(13)16(20-23)22-8-6-11(9-18)17(22)25;1-2-3-1/h2-5,7,10-11H,6,8H2,1H3;1-3H2. The van der Waals surface area contributed by atoms with Crippen molar-refractivity contribution in [3.63, 3.8) is 0 Å². The molecule has 1 unspecified atom stereocenters. The van der Waals surface area contributed by atoms with Crippen LogP contribution in [0.15, 0.2) is 41.5 Å². The number of rotatable bonds is 2. The molecule has 1 aliphatic carbocycles. The van der Waals surface area contributed by atoms with Crippen molar-refractivity contribution >= 4 is 22.6 Å². The smallest absolute Gasteiger partial charge is 0.251 e. The first-order valence-electron chi connectivity index (χ1n) is 9.32. The van der Waals surface area contributed by atoms with E-state index in [9.17, 15) is 9.59 Å². The maximum Gasteiger partial charge on any atom is 0.251 e. The number of aromatic nitrogens is 4. The number of carbonyl (C=O) groups is 1. The molecule has 1 saturated heterocycles. The van der Waals surface area contributed by atoms with Crippen LogP contribution in [0.4, 0.5) is 5.82 Å². The van der Waals surface area contributed by atoms with Gasteiger partial charge in [-0.1, -0.05) is 25.3 Å². The molecule has 2 fully saturated rings. The summed E-state index contributed by atoms with van der Waals surface area (Å²) in [6.45, 7) is 0.444. The molecule has 0 N–H and O–H groups in total. The second-order valence-corrected chi connectivity index (χ2v) is 6.93. The summed E-state index contributed by atoms with van der Waals surface area (Å²) < 4.78 is 3.08. The third-order valence-corrected chi connectivity index (χ3v) is 4.81. The molecule has 3 aromatic heterocycles. The molecule has 1 saturated carbocycles. The highest BCUT2D eigenvalue weighted by Gasteiger charge is 2.35. The molecule has 0 bridgehead atoms. The molecular weight excluding hydrogens is 356 g/mol. The minimum Gasteiger partial charge on any atom is -0.296 e. The number of pyridine rings is 2. The Morgan fingerprint density at radius 2 is 1.96 bits per heavy atom. The molecule has 1 amide bonds. The molecule has 8 nitrogen and oxygen atoms in total. The molecule has 5 rings (SSSR count). The Labute approximate surface area is 161 Å². The van der Waals surface area contributed by atoms with Crippen molar-refractivity contribution in [3.8, 4) is 11.9 Å². The van der Waals surface area contributed by atoms with E-state index in [4.69, 9.17) is 5.26 Å². The van der Waals surface area contributed by atoms with E-state index in [2.05, 4.69) is 10.1 Å². The van der Waals surface area contributed by atoms with E-state index in [1.165, 1.54) is 34.8 Å². The van der Waals surface area contributed by atoms with Gasteiger partial charge in [-0.3, -0.25) is 24.0 Å². The summed E-state index contributed by atoms with van der Waals surface area (Å²) in [5, 5.41) is 14.4. The fourth-order valence-corrected chi connectivity index (χ4v) is 3.10. The second-order valence-electron chi connectivity index (χ2n) is 6.93. The number of amides is 1. The molecular formula is C20H20N6O2. The number of hydrogen-bond donors (Lipinski definition) is 0. The zero-order valence-electron chi connectivity index (χ0n) is 15.6. The highest BCUT2D eigenvalue weighted by Crippen LogP contribution is 2.31. The largest absolute Gasteiger partial charge is 0.296 e. The molecule has 8 heteroatoms. The predicted octanol–water partition coefficient (Wildman–Crippen LogP) is 2.17. The number of carbonyl (C=O) groups excluding carboxylic acids is 1. The van der Waals surface area contributed by atoms with E-state index in [0.29, 0.717) is 30.1 Å². The number of hydrogen-bond acceptors (Lipinski definition) is 5. The van der Waals surface area contributed by atoms with Gasteiger partial charge in [-0.15, -0.1) is 5.10 Å². The summed E-state index contributed by atoms with van der Waals surface area (Å²) in [5.74, 6) is 0.174. The van der Waals surface area contributed by atoms with Crippen LogP contribution < -0.4 is 10.5 Å². The van der Waals surface area contributed by atoms with E-state index >= 15 is 0 Å². The monoisotopic (exact) mass is 376 g/mol. The first-order valence-corrected chi connectivity index (χ1v) is 9.32. The Kier molecular flexibility index (Phi) is 4.65. The maximum absolute atomic E-state index is 12.4. The SMILES string of the molecule is C1CC1.Cn1c(-n2nc(N3CCC(C#N)C3=O)c3ccncc32)cccc1=O. The van der Waals surface area contributed by atoms with Crippen molar-refractivity contribution in [2.75, 3.05) is 11.4 Å². The summed E-state index contributed by atoms with van der Waals surface area (Å²) in [6, 6.07) is 8.71. The van der Waals surface area contributed by atoms with Gasteiger partial charge in [0.1, 0.15) is 11.7 Å². The lowest BCUT2D eigenvalue weighted by molar-refractivity contribution is -0.119. The highest BCUT2D eigenvalue weighted by molar-refractivity contribution is 6.04. The van der Waals surface area contributed by atoms with Crippen molar-refractivity contribution in [1.82, 2.24) is 19.3 Å². The van der Waals surface area contributed by atoms with Gasteiger partial charge in [0, 0.05) is 31.2 Å². The third kappa shape index (κ3) is 3.16. The van der Waals surface area contributed by atoms with Crippen LogP contribution in [0, 0.1) is 17.2 Å².